The van der Waals surface area contributed by atoms with Gasteiger partial charge < -0.3 is 14.4 Å². The second-order valence-corrected chi connectivity index (χ2v) is 8.48. The molecule has 0 aliphatic carbocycles. The number of benzene rings is 3. The van der Waals surface area contributed by atoms with Crippen LogP contribution in [-0.2, 0) is 4.74 Å². The van der Waals surface area contributed by atoms with E-state index < -0.39 is 11.6 Å². The lowest BCUT2D eigenvalue weighted by Gasteiger charge is -2.42. The van der Waals surface area contributed by atoms with Crippen molar-refractivity contribution in [3.8, 4) is 16.9 Å². The Labute approximate surface area is 193 Å². The summed E-state index contributed by atoms with van der Waals surface area (Å²) < 4.78 is 11.2. The van der Waals surface area contributed by atoms with Crippen molar-refractivity contribution in [2.45, 2.75) is 18.4 Å². The minimum Gasteiger partial charge on any atom is -0.482 e. The zero-order valence-corrected chi connectivity index (χ0v) is 18.5. The molecular formula is C28H25NO4. The molecule has 1 amide bonds. The average molecular weight is 440 g/mol. The fourth-order valence-electron chi connectivity index (χ4n) is 4.51. The number of esters is 1. The third-order valence-electron chi connectivity index (χ3n) is 6.42. The summed E-state index contributed by atoms with van der Waals surface area (Å²) >= 11 is 0. The van der Waals surface area contributed by atoms with E-state index in [1.807, 2.05) is 29.2 Å². The zero-order valence-electron chi connectivity index (χ0n) is 18.5. The van der Waals surface area contributed by atoms with Crippen LogP contribution in [0.1, 0.15) is 39.1 Å². The Kier molecular flexibility index (Phi) is 5.47. The van der Waals surface area contributed by atoms with Crippen molar-refractivity contribution in [1.82, 2.24) is 4.90 Å². The number of hydrogen-bond donors (Lipinski definition) is 0. The number of piperidine rings is 1. The van der Waals surface area contributed by atoms with Crippen molar-refractivity contribution in [2.24, 2.45) is 0 Å². The van der Waals surface area contributed by atoms with Crippen LogP contribution < -0.4 is 4.74 Å². The standard InChI is InChI=1S/C28H25NO4/c1-32-27(31)24-9-5-8-23(19-24)26(30)29-16-14-28(15-17-29)13-12-22-18-21(10-11-25(22)33-28)20-6-3-2-4-7-20/h2-13,18-19H,14-17H2,1H3. The van der Waals surface area contributed by atoms with Crippen molar-refractivity contribution in [3.63, 3.8) is 0 Å². The molecule has 5 rings (SSSR count). The van der Waals surface area contributed by atoms with E-state index in [1.165, 1.54) is 12.7 Å². The molecule has 0 N–H and O–H groups in total. The van der Waals surface area contributed by atoms with E-state index in [1.54, 1.807) is 24.3 Å². The summed E-state index contributed by atoms with van der Waals surface area (Å²) in [6, 6.07) is 23.3. The Morgan fingerprint density at radius 1 is 0.879 bits per heavy atom. The molecule has 33 heavy (non-hydrogen) atoms. The topological polar surface area (TPSA) is 55.8 Å². The van der Waals surface area contributed by atoms with Gasteiger partial charge in [-0.05, 0) is 47.5 Å². The van der Waals surface area contributed by atoms with Crippen molar-refractivity contribution in [2.75, 3.05) is 20.2 Å². The van der Waals surface area contributed by atoms with Crippen LogP contribution in [0.25, 0.3) is 17.2 Å². The van der Waals surface area contributed by atoms with Crippen molar-refractivity contribution < 1.29 is 19.1 Å². The Balaban J connectivity index is 1.28. The van der Waals surface area contributed by atoms with Gasteiger partial charge in [-0.15, -0.1) is 0 Å². The largest absolute Gasteiger partial charge is 0.482 e. The average Bonchev–Trinajstić information content (AvgIpc) is 2.88. The van der Waals surface area contributed by atoms with Gasteiger partial charge in [0.25, 0.3) is 5.91 Å². The molecule has 3 aromatic rings. The number of carbonyl (C=O) groups excluding carboxylic acids is 2. The maximum Gasteiger partial charge on any atom is 0.337 e. The highest BCUT2D eigenvalue weighted by Crippen LogP contribution is 2.39. The number of rotatable bonds is 3. The molecule has 1 spiro atoms. The van der Waals surface area contributed by atoms with Gasteiger partial charge in [0.2, 0.25) is 0 Å². The second-order valence-electron chi connectivity index (χ2n) is 8.48. The molecule has 0 atom stereocenters. The molecule has 1 fully saturated rings. The molecule has 5 nitrogen and oxygen atoms in total. The second kappa shape index (κ2) is 8.58. The number of nitrogens with zero attached hydrogens (tertiary/aromatic N) is 1. The minimum atomic E-state index is -0.447. The normalized spacial score (nSPS) is 16.1. The molecular weight excluding hydrogens is 414 g/mol. The quantitative estimate of drug-likeness (QED) is 0.525. The maximum atomic E-state index is 13.0. The number of likely N-dealkylation sites (tertiary alicyclic amines) is 1. The Morgan fingerprint density at radius 2 is 1.64 bits per heavy atom. The van der Waals surface area contributed by atoms with Gasteiger partial charge in [0.05, 0.1) is 12.7 Å². The molecule has 5 heteroatoms. The van der Waals surface area contributed by atoms with Gasteiger partial charge in [0, 0.05) is 37.1 Å². The number of methoxy groups -OCH3 is 1. The van der Waals surface area contributed by atoms with Gasteiger partial charge in [0.15, 0.2) is 0 Å². The lowest BCUT2D eigenvalue weighted by atomic mass is 9.87. The van der Waals surface area contributed by atoms with Crippen LogP contribution in [0.4, 0.5) is 0 Å². The maximum absolute atomic E-state index is 13.0. The Hall–Kier alpha value is -3.86. The SMILES string of the molecule is COC(=O)c1cccc(C(=O)N2CCC3(C=Cc4cc(-c5ccccc5)ccc4O3)CC2)c1. The van der Waals surface area contributed by atoms with Gasteiger partial charge in [-0.25, -0.2) is 4.79 Å². The predicted octanol–water partition coefficient (Wildman–Crippen LogP) is 5.22. The number of hydrogen-bond acceptors (Lipinski definition) is 4. The summed E-state index contributed by atoms with van der Waals surface area (Å²) in [6.07, 6.45) is 5.71. The summed E-state index contributed by atoms with van der Waals surface area (Å²) in [7, 11) is 1.33. The lowest BCUT2D eigenvalue weighted by Crippen LogP contribution is -2.49. The molecule has 3 aromatic carbocycles. The van der Waals surface area contributed by atoms with E-state index in [0.29, 0.717) is 37.1 Å². The van der Waals surface area contributed by atoms with E-state index in [0.717, 1.165) is 16.9 Å². The van der Waals surface area contributed by atoms with Crippen LogP contribution >= 0.6 is 0 Å². The first-order valence-corrected chi connectivity index (χ1v) is 11.1. The lowest BCUT2D eigenvalue weighted by molar-refractivity contribution is 0.0329. The molecule has 166 valence electrons. The van der Waals surface area contributed by atoms with E-state index in [2.05, 4.69) is 36.4 Å². The fraction of sp³-hybridized carbons (Fsp3) is 0.214. The van der Waals surface area contributed by atoms with Crippen molar-refractivity contribution in [1.29, 1.82) is 0 Å². The molecule has 0 saturated carbocycles. The summed E-state index contributed by atoms with van der Waals surface area (Å²) in [6.45, 7) is 1.17. The van der Waals surface area contributed by atoms with Gasteiger partial charge >= 0.3 is 5.97 Å². The first-order valence-electron chi connectivity index (χ1n) is 11.1. The third-order valence-corrected chi connectivity index (χ3v) is 6.42. The van der Waals surface area contributed by atoms with Crippen LogP contribution in [0.2, 0.25) is 0 Å². The minimum absolute atomic E-state index is 0.0803. The molecule has 0 radical (unpaired) electrons. The van der Waals surface area contributed by atoms with E-state index in [-0.39, 0.29) is 5.91 Å². The molecule has 0 bridgehead atoms. The molecule has 0 aromatic heterocycles. The monoisotopic (exact) mass is 439 g/mol. The highest BCUT2D eigenvalue weighted by atomic mass is 16.5. The Morgan fingerprint density at radius 3 is 2.39 bits per heavy atom. The first-order chi connectivity index (χ1) is 16.1. The fourth-order valence-corrected chi connectivity index (χ4v) is 4.51. The summed E-state index contributed by atoms with van der Waals surface area (Å²) in [5.41, 5.74) is 3.88. The molecule has 0 unspecified atom stereocenters. The van der Waals surface area contributed by atoms with Crippen LogP contribution in [0.5, 0.6) is 5.75 Å². The number of fused-ring (bicyclic) bond motifs is 1. The Bertz CT molecular complexity index is 1220. The van der Waals surface area contributed by atoms with Crippen molar-refractivity contribution >= 4 is 18.0 Å². The van der Waals surface area contributed by atoms with E-state index >= 15 is 0 Å². The number of amides is 1. The van der Waals surface area contributed by atoms with Gasteiger partial charge in [-0.3, -0.25) is 4.79 Å². The summed E-state index contributed by atoms with van der Waals surface area (Å²) in [5, 5.41) is 0. The number of carbonyl (C=O) groups is 2. The van der Waals surface area contributed by atoms with Crippen molar-refractivity contribution in [3.05, 3.63) is 95.6 Å². The highest BCUT2D eigenvalue weighted by molar-refractivity contribution is 5.98. The predicted molar refractivity (Wildman–Crippen MR) is 127 cm³/mol. The molecule has 2 heterocycles. The third kappa shape index (κ3) is 4.14. The highest BCUT2D eigenvalue weighted by Gasteiger charge is 2.38. The molecule has 2 aliphatic rings. The van der Waals surface area contributed by atoms with Gasteiger partial charge in [-0.1, -0.05) is 48.5 Å². The number of ether oxygens (including phenoxy) is 2. The molecule has 1 saturated heterocycles. The van der Waals surface area contributed by atoms with E-state index in [4.69, 9.17) is 9.47 Å². The smallest absolute Gasteiger partial charge is 0.337 e. The van der Waals surface area contributed by atoms with Crippen LogP contribution in [0, 0.1) is 0 Å². The molecule has 2 aliphatic heterocycles. The van der Waals surface area contributed by atoms with Crippen LogP contribution in [0.3, 0.4) is 0 Å². The van der Waals surface area contributed by atoms with E-state index in [9.17, 15) is 9.59 Å². The summed E-state index contributed by atoms with van der Waals surface area (Å²) in [5.74, 6) is 0.350. The zero-order chi connectivity index (χ0) is 22.8. The van der Waals surface area contributed by atoms with Gasteiger partial charge in [0.1, 0.15) is 11.4 Å². The first kappa shape index (κ1) is 21.0. The van der Waals surface area contributed by atoms with Crippen LogP contribution in [0.15, 0.2) is 78.9 Å². The van der Waals surface area contributed by atoms with Crippen LogP contribution in [-0.4, -0.2) is 42.6 Å². The summed E-state index contributed by atoms with van der Waals surface area (Å²) in [4.78, 5) is 26.6. The van der Waals surface area contributed by atoms with Gasteiger partial charge in [-0.2, -0.15) is 0 Å².